The summed E-state index contributed by atoms with van der Waals surface area (Å²) >= 11 is 0. The van der Waals surface area contributed by atoms with Gasteiger partial charge in [0.05, 0.1) is 0 Å². The van der Waals surface area contributed by atoms with Crippen LogP contribution in [0.4, 0.5) is 0 Å². The van der Waals surface area contributed by atoms with Crippen LogP contribution in [-0.4, -0.2) is 37.1 Å². The molecule has 0 aromatic rings. The lowest BCUT2D eigenvalue weighted by Crippen LogP contribution is -2.39. The molecule has 4 unspecified atom stereocenters. The Balaban J connectivity index is 1.38. The molecule has 0 spiro atoms. The van der Waals surface area contributed by atoms with E-state index in [0.717, 1.165) is 17.8 Å². The van der Waals surface area contributed by atoms with Crippen molar-refractivity contribution in [2.75, 3.05) is 26.2 Å². The van der Waals surface area contributed by atoms with Crippen molar-refractivity contribution in [1.29, 1.82) is 0 Å². The second kappa shape index (κ2) is 5.11. The lowest BCUT2D eigenvalue weighted by Gasteiger charge is -2.27. The zero-order valence-corrected chi connectivity index (χ0v) is 11.1. The molecule has 17 heavy (non-hydrogen) atoms. The van der Waals surface area contributed by atoms with Gasteiger partial charge in [-0.2, -0.15) is 0 Å². The number of hydrogen-bond acceptors (Lipinski definition) is 2. The third-order valence-corrected chi connectivity index (χ3v) is 5.07. The second-order valence-corrected chi connectivity index (χ2v) is 6.24. The molecule has 0 radical (unpaired) electrons. The average molecular weight is 234 g/mol. The van der Waals surface area contributed by atoms with E-state index >= 15 is 0 Å². The summed E-state index contributed by atoms with van der Waals surface area (Å²) in [5, 5.41) is 3.76. The fourth-order valence-electron chi connectivity index (χ4n) is 4.01. The Bertz CT molecular complexity index is 281. The van der Waals surface area contributed by atoms with E-state index in [1.807, 2.05) is 0 Å². The molecule has 2 aliphatic carbocycles. The fraction of sp³-hybridized carbons (Fsp3) is 0.867. The number of nitrogens with one attached hydrogen (secondary N) is 1. The predicted molar refractivity (Wildman–Crippen MR) is 72.0 cm³/mol. The molecule has 96 valence electrons. The van der Waals surface area contributed by atoms with Gasteiger partial charge in [0, 0.05) is 19.1 Å². The van der Waals surface area contributed by atoms with Crippen LogP contribution in [0.1, 0.15) is 32.6 Å². The van der Waals surface area contributed by atoms with Crippen LogP contribution < -0.4 is 5.32 Å². The van der Waals surface area contributed by atoms with Gasteiger partial charge in [-0.3, -0.25) is 0 Å². The Hall–Kier alpha value is -0.340. The van der Waals surface area contributed by atoms with Gasteiger partial charge in [0.25, 0.3) is 0 Å². The Kier molecular flexibility index (Phi) is 3.53. The third-order valence-electron chi connectivity index (χ3n) is 5.07. The van der Waals surface area contributed by atoms with Crippen molar-refractivity contribution in [2.45, 2.75) is 38.6 Å². The van der Waals surface area contributed by atoms with E-state index in [1.54, 1.807) is 0 Å². The van der Waals surface area contributed by atoms with Crippen molar-refractivity contribution in [3.05, 3.63) is 12.2 Å². The predicted octanol–water partition coefficient (Wildman–Crippen LogP) is 2.27. The average Bonchev–Trinajstić information content (AvgIpc) is 3.05. The van der Waals surface area contributed by atoms with Gasteiger partial charge >= 0.3 is 0 Å². The minimum Gasteiger partial charge on any atom is -0.313 e. The van der Waals surface area contributed by atoms with Gasteiger partial charge in [0.2, 0.25) is 0 Å². The molecule has 0 aromatic carbocycles. The Morgan fingerprint density at radius 3 is 2.71 bits per heavy atom. The smallest absolute Gasteiger partial charge is 0.0107 e. The number of fused-ring (bicyclic) bond motifs is 2. The summed E-state index contributed by atoms with van der Waals surface area (Å²) in [6.07, 6.45) is 10.6. The Morgan fingerprint density at radius 1 is 1.24 bits per heavy atom. The minimum atomic E-state index is 0.706. The second-order valence-electron chi connectivity index (χ2n) is 6.24. The summed E-state index contributed by atoms with van der Waals surface area (Å²) in [5.74, 6) is 2.70. The van der Waals surface area contributed by atoms with Gasteiger partial charge in [-0.15, -0.1) is 0 Å². The van der Waals surface area contributed by atoms with Crippen LogP contribution in [0.2, 0.25) is 0 Å². The number of likely N-dealkylation sites (tertiary alicyclic amines) is 1. The van der Waals surface area contributed by atoms with Gasteiger partial charge < -0.3 is 10.2 Å². The molecule has 4 atom stereocenters. The van der Waals surface area contributed by atoms with Gasteiger partial charge in [0.1, 0.15) is 0 Å². The van der Waals surface area contributed by atoms with Gasteiger partial charge in [0.15, 0.2) is 0 Å². The van der Waals surface area contributed by atoms with E-state index in [0.29, 0.717) is 6.04 Å². The van der Waals surface area contributed by atoms with Crippen LogP contribution >= 0.6 is 0 Å². The summed E-state index contributed by atoms with van der Waals surface area (Å²) in [6.45, 7) is 7.48. The SMILES string of the molecule is CC(NCCN1CCCC1)C1CC2C=CC1C2. The van der Waals surface area contributed by atoms with Crippen molar-refractivity contribution < 1.29 is 0 Å². The number of allylic oxidation sites excluding steroid dienone is 2. The molecule has 2 nitrogen and oxygen atoms in total. The molecule has 3 rings (SSSR count). The van der Waals surface area contributed by atoms with E-state index in [-0.39, 0.29) is 0 Å². The maximum absolute atomic E-state index is 3.76. The topological polar surface area (TPSA) is 15.3 Å². The maximum Gasteiger partial charge on any atom is 0.0107 e. The molecule has 1 heterocycles. The zero-order valence-electron chi connectivity index (χ0n) is 11.1. The van der Waals surface area contributed by atoms with Gasteiger partial charge in [-0.05, 0) is 63.5 Å². The first-order valence-corrected chi connectivity index (χ1v) is 7.47. The van der Waals surface area contributed by atoms with Crippen LogP contribution in [-0.2, 0) is 0 Å². The first-order valence-electron chi connectivity index (χ1n) is 7.47. The quantitative estimate of drug-likeness (QED) is 0.734. The maximum atomic E-state index is 3.76. The van der Waals surface area contributed by atoms with Crippen LogP contribution in [0.5, 0.6) is 0 Å². The molecule has 0 aromatic heterocycles. The van der Waals surface area contributed by atoms with Crippen LogP contribution in [0.3, 0.4) is 0 Å². The molecular weight excluding hydrogens is 208 g/mol. The van der Waals surface area contributed by atoms with Gasteiger partial charge in [-0.1, -0.05) is 12.2 Å². The summed E-state index contributed by atoms with van der Waals surface area (Å²) in [7, 11) is 0. The summed E-state index contributed by atoms with van der Waals surface area (Å²) in [4.78, 5) is 2.60. The molecule has 2 bridgehead atoms. The normalized spacial score (nSPS) is 38.1. The Morgan fingerprint density at radius 2 is 2.06 bits per heavy atom. The third kappa shape index (κ3) is 2.58. The van der Waals surface area contributed by atoms with Crippen molar-refractivity contribution in [3.8, 4) is 0 Å². The van der Waals surface area contributed by atoms with Crippen molar-refractivity contribution in [3.63, 3.8) is 0 Å². The zero-order chi connectivity index (χ0) is 11.7. The van der Waals surface area contributed by atoms with E-state index < -0.39 is 0 Å². The highest BCUT2D eigenvalue weighted by Crippen LogP contribution is 2.44. The van der Waals surface area contributed by atoms with Crippen LogP contribution in [0, 0.1) is 17.8 Å². The van der Waals surface area contributed by atoms with E-state index in [4.69, 9.17) is 0 Å². The number of rotatable bonds is 5. The van der Waals surface area contributed by atoms with Crippen LogP contribution in [0.15, 0.2) is 12.2 Å². The molecule has 3 aliphatic rings. The van der Waals surface area contributed by atoms with E-state index in [9.17, 15) is 0 Å². The number of nitrogens with zero attached hydrogens (tertiary/aromatic N) is 1. The van der Waals surface area contributed by atoms with Gasteiger partial charge in [-0.25, -0.2) is 0 Å². The molecule has 1 saturated carbocycles. The molecule has 1 aliphatic heterocycles. The summed E-state index contributed by atoms with van der Waals surface area (Å²) in [6, 6.07) is 0.706. The highest BCUT2D eigenvalue weighted by molar-refractivity contribution is 5.11. The molecule has 2 fully saturated rings. The molecule has 1 N–H and O–H groups in total. The first kappa shape index (κ1) is 11.7. The Labute approximate surface area is 105 Å². The summed E-state index contributed by atoms with van der Waals surface area (Å²) in [5.41, 5.74) is 0. The lowest BCUT2D eigenvalue weighted by atomic mass is 9.87. The van der Waals surface area contributed by atoms with Crippen LogP contribution in [0.25, 0.3) is 0 Å². The molecule has 1 saturated heterocycles. The number of hydrogen-bond donors (Lipinski definition) is 1. The van der Waals surface area contributed by atoms with Crippen molar-refractivity contribution in [1.82, 2.24) is 10.2 Å². The van der Waals surface area contributed by atoms with E-state index in [2.05, 4.69) is 29.3 Å². The highest BCUT2D eigenvalue weighted by Gasteiger charge is 2.38. The fourth-order valence-corrected chi connectivity index (χ4v) is 4.01. The standard InChI is InChI=1S/C15H26N2/c1-12(15-11-13-4-5-14(15)10-13)16-6-9-17-7-2-3-8-17/h4-5,12-16H,2-3,6-11H2,1H3. The largest absolute Gasteiger partial charge is 0.313 e. The summed E-state index contributed by atoms with van der Waals surface area (Å²) < 4.78 is 0. The van der Waals surface area contributed by atoms with Crippen molar-refractivity contribution >= 4 is 0 Å². The van der Waals surface area contributed by atoms with E-state index in [1.165, 1.54) is 51.9 Å². The first-order chi connectivity index (χ1) is 8.33. The molecule has 0 amide bonds. The molecule has 2 heteroatoms. The highest BCUT2D eigenvalue weighted by atomic mass is 15.2. The molecular formula is C15H26N2. The minimum absolute atomic E-state index is 0.706. The van der Waals surface area contributed by atoms with Crippen molar-refractivity contribution in [2.24, 2.45) is 17.8 Å². The monoisotopic (exact) mass is 234 g/mol. The lowest BCUT2D eigenvalue weighted by molar-refractivity contribution is 0.291.